The van der Waals surface area contributed by atoms with E-state index in [1.54, 1.807) is 18.2 Å². The molecule has 0 spiro atoms. The first-order valence-corrected chi connectivity index (χ1v) is 10.8. The predicted octanol–water partition coefficient (Wildman–Crippen LogP) is 4.65. The number of hydrogen-bond donors (Lipinski definition) is 2. The molecule has 0 saturated carbocycles. The molecule has 0 bridgehead atoms. The van der Waals surface area contributed by atoms with Crippen molar-refractivity contribution in [1.29, 1.82) is 0 Å². The Morgan fingerprint density at radius 1 is 1.18 bits per heavy atom. The second-order valence-electron chi connectivity index (χ2n) is 8.32. The van der Waals surface area contributed by atoms with Crippen LogP contribution < -0.4 is 11.1 Å². The van der Waals surface area contributed by atoms with Crippen molar-refractivity contribution in [3.8, 4) is 0 Å². The van der Waals surface area contributed by atoms with Crippen LogP contribution in [0.3, 0.4) is 0 Å². The largest absolute Gasteiger partial charge is 0.366 e. The van der Waals surface area contributed by atoms with Crippen molar-refractivity contribution in [1.82, 2.24) is 14.9 Å². The van der Waals surface area contributed by atoms with Crippen LogP contribution in [0.2, 0.25) is 0 Å². The van der Waals surface area contributed by atoms with Crippen molar-refractivity contribution >= 4 is 28.2 Å². The first-order valence-electron chi connectivity index (χ1n) is 10.8. The van der Waals surface area contributed by atoms with E-state index >= 15 is 0 Å². The Hall–Kier alpha value is -3.39. The molecule has 1 atom stereocenters. The number of carbonyl (C=O) groups excluding carboxylic acids is 1. The van der Waals surface area contributed by atoms with Gasteiger partial charge in [-0.25, -0.2) is 18.7 Å². The quantitative estimate of drug-likeness (QED) is 0.437. The third kappa shape index (κ3) is 6.55. The molecule has 1 heterocycles. The minimum Gasteiger partial charge on any atom is -0.366 e. The highest BCUT2D eigenvalue weighted by atomic mass is 19.3. The maximum absolute atomic E-state index is 14.6. The van der Waals surface area contributed by atoms with Crippen LogP contribution >= 0.6 is 0 Å². The molecule has 33 heavy (non-hydrogen) atoms. The number of carbonyl (C=O) groups is 1. The van der Waals surface area contributed by atoms with Crippen LogP contribution in [0.5, 0.6) is 0 Å². The number of halogens is 2. The Morgan fingerprint density at radius 3 is 2.58 bits per heavy atom. The summed E-state index contributed by atoms with van der Waals surface area (Å²) in [5.74, 6) is -3.53. The maximum Gasteiger partial charge on any atom is 0.267 e. The lowest BCUT2D eigenvalue weighted by Gasteiger charge is -2.17. The molecule has 6 nitrogen and oxygen atoms in total. The first kappa shape index (κ1) is 24.3. The zero-order chi connectivity index (χ0) is 24.0. The molecular weight excluding hydrogens is 424 g/mol. The number of allylic oxidation sites excluding steroid dienone is 1. The lowest BCUT2D eigenvalue weighted by atomic mass is 9.99. The number of primary amides is 1. The Balaban J connectivity index is 1.94. The molecule has 3 rings (SSSR count). The van der Waals surface area contributed by atoms with Crippen LogP contribution in [0.4, 0.5) is 14.6 Å². The Bertz CT molecular complexity index is 1130. The summed E-state index contributed by atoms with van der Waals surface area (Å²) in [7, 11) is 3.65. The molecule has 0 radical (unpaired) electrons. The smallest absolute Gasteiger partial charge is 0.267 e. The lowest BCUT2D eigenvalue weighted by molar-refractivity contribution is -0.112. The van der Waals surface area contributed by atoms with Crippen LogP contribution in [0, 0.1) is 0 Å². The topological polar surface area (TPSA) is 84.1 Å². The molecule has 174 valence electrons. The van der Waals surface area contributed by atoms with Crippen molar-refractivity contribution in [2.24, 2.45) is 5.73 Å². The number of benzene rings is 2. The van der Waals surface area contributed by atoms with Gasteiger partial charge in [-0.3, -0.25) is 4.79 Å². The second-order valence-corrected chi connectivity index (χ2v) is 8.32. The molecule has 0 fully saturated rings. The number of nitrogens with two attached hydrogens (primary N) is 1. The summed E-state index contributed by atoms with van der Waals surface area (Å²) in [6, 6.07) is 14.7. The third-order valence-electron chi connectivity index (χ3n) is 5.34. The number of nitrogens with zero attached hydrogens (tertiary/aromatic N) is 3. The van der Waals surface area contributed by atoms with Gasteiger partial charge in [0, 0.05) is 23.4 Å². The van der Waals surface area contributed by atoms with Gasteiger partial charge in [-0.05, 0) is 63.3 Å². The average molecular weight is 454 g/mol. The molecule has 0 aliphatic heterocycles. The number of alkyl halides is 2. The van der Waals surface area contributed by atoms with E-state index in [1.165, 1.54) is 6.33 Å². The van der Waals surface area contributed by atoms with Gasteiger partial charge in [0.25, 0.3) is 5.92 Å². The number of anilines is 1. The fourth-order valence-corrected chi connectivity index (χ4v) is 3.58. The molecule has 1 amide bonds. The van der Waals surface area contributed by atoms with E-state index in [0.29, 0.717) is 41.3 Å². The van der Waals surface area contributed by atoms with Crippen molar-refractivity contribution in [3.05, 3.63) is 72.1 Å². The van der Waals surface area contributed by atoms with Crippen LogP contribution in [0.25, 0.3) is 16.5 Å². The highest BCUT2D eigenvalue weighted by molar-refractivity contribution is 6.19. The first-order chi connectivity index (χ1) is 15.7. The Morgan fingerprint density at radius 2 is 1.91 bits per heavy atom. The predicted molar refractivity (Wildman–Crippen MR) is 128 cm³/mol. The molecule has 1 aromatic heterocycles. The SMILES string of the molecule is CC(Nc1ncnc2ccc(C(=CC(F)(F)CCCN(C)C)C(N)=O)cc12)c1ccccc1. The van der Waals surface area contributed by atoms with Gasteiger partial charge in [0.2, 0.25) is 5.91 Å². The fraction of sp³-hybridized carbons (Fsp3) is 0.320. The van der Waals surface area contributed by atoms with E-state index < -0.39 is 11.8 Å². The number of rotatable bonds is 10. The monoisotopic (exact) mass is 453 g/mol. The minimum absolute atomic E-state index is 0.0554. The molecule has 0 aliphatic rings. The van der Waals surface area contributed by atoms with E-state index in [4.69, 9.17) is 5.73 Å². The molecule has 0 saturated heterocycles. The normalized spacial score (nSPS) is 13.3. The summed E-state index contributed by atoms with van der Waals surface area (Å²) in [5.41, 5.74) is 7.26. The van der Waals surface area contributed by atoms with E-state index in [0.717, 1.165) is 5.56 Å². The number of amides is 1. The van der Waals surface area contributed by atoms with E-state index in [9.17, 15) is 13.6 Å². The number of hydrogen-bond acceptors (Lipinski definition) is 5. The summed E-state index contributed by atoms with van der Waals surface area (Å²) in [5, 5.41) is 3.96. The summed E-state index contributed by atoms with van der Waals surface area (Å²) in [6.07, 6.45) is 2.03. The molecule has 1 unspecified atom stereocenters. The van der Waals surface area contributed by atoms with Crippen molar-refractivity contribution in [2.75, 3.05) is 26.0 Å². The zero-order valence-corrected chi connectivity index (χ0v) is 19.1. The summed E-state index contributed by atoms with van der Waals surface area (Å²) < 4.78 is 29.2. The van der Waals surface area contributed by atoms with Crippen molar-refractivity contribution < 1.29 is 13.6 Å². The molecule has 0 aliphatic carbocycles. The van der Waals surface area contributed by atoms with Crippen LogP contribution in [0.15, 0.2) is 60.9 Å². The summed E-state index contributed by atoms with van der Waals surface area (Å²) in [4.78, 5) is 22.5. The highest BCUT2D eigenvalue weighted by Gasteiger charge is 2.28. The molecule has 8 heteroatoms. The fourth-order valence-electron chi connectivity index (χ4n) is 3.58. The number of aromatic nitrogens is 2. The van der Waals surface area contributed by atoms with E-state index in [2.05, 4.69) is 15.3 Å². The Labute approximate surface area is 192 Å². The maximum atomic E-state index is 14.6. The molecule has 2 aromatic carbocycles. The van der Waals surface area contributed by atoms with E-state index in [1.807, 2.05) is 56.3 Å². The van der Waals surface area contributed by atoms with Crippen LogP contribution in [0.1, 0.15) is 36.9 Å². The summed E-state index contributed by atoms with van der Waals surface area (Å²) in [6.45, 7) is 2.52. The standard InChI is InChI=1S/C25H29F2N5O/c1-17(18-8-5-4-6-9-18)31-24-20-14-19(10-11-22(20)29-16-30-24)21(23(28)33)15-25(26,27)12-7-13-32(2)3/h4-6,8-11,14-17H,7,12-13H2,1-3H3,(H2,28,33)(H,29,30,31). The van der Waals surface area contributed by atoms with Crippen molar-refractivity contribution in [3.63, 3.8) is 0 Å². The Kier molecular flexibility index (Phi) is 7.71. The second kappa shape index (κ2) is 10.5. The highest BCUT2D eigenvalue weighted by Crippen LogP contribution is 2.30. The van der Waals surface area contributed by atoms with Crippen LogP contribution in [-0.4, -0.2) is 47.3 Å². The van der Waals surface area contributed by atoms with Crippen molar-refractivity contribution in [2.45, 2.75) is 31.7 Å². The van der Waals surface area contributed by atoms with Gasteiger partial charge >= 0.3 is 0 Å². The van der Waals surface area contributed by atoms with Crippen LogP contribution in [-0.2, 0) is 4.79 Å². The van der Waals surface area contributed by atoms with Gasteiger partial charge in [-0.2, -0.15) is 0 Å². The van der Waals surface area contributed by atoms with Gasteiger partial charge in [0.1, 0.15) is 12.1 Å². The number of fused-ring (bicyclic) bond motifs is 1. The molecule has 3 N–H and O–H groups in total. The zero-order valence-electron chi connectivity index (χ0n) is 19.1. The lowest BCUT2D eigenvalue weighted by Crippen LogP contribution is -2.21. The average Bonchev–Trinajstić information content (AvgIpc) is 2.77. The van der Waals surface area contributed by atoms with Gasteiger partial charge in [0.15, 0.2) is 0 Å². The molecule has 3 aromatic rings. The van der Waals surface area contributed by atoms with E-state index in [-0.39, 0.29) is 18.0 Å². The summed E-state index contributed by atoms with van der Waals surface area (Å²) >= 11 is 0. The van der Waals surface area contributed by atoms with Gasteiger partial charge in [-0.15, -0.1) is 0 Å². The number of nitrogens with one attached hydrogen (secondary N) is 1. The molecular formula is C25H29F2N5O. The van der Waals surface area contributed by atoms with Gasteiger partial charge in [0.05, 0.1) is 5.52 Å². The van der Waals surface area contributed by atoms with Gasteiger partial charge in [-0.1, -0.05) is 36.4 Å². The van der Waals surface area contributed by atoms with Gasteiger partial charge < -0.3 is 16.0 Å². The minimum atomic E-state index is -3.16. The third-order valence-corrected chi connectivity index (χ3v) is 5.34.